The maximum atomic E-state index is 12.0. The van der Waals surface area contributed by atoms with Gasteiger partial charge < -0.3 is 15.5 Å². The smallest absolute Gasteiger partial charge is 0.305 e. The molecule has 0 aromatic heterocycles. The van der Waals surface area contributed by atoms with Crippen LogP contribution in [-0.4, -0.2) is 34.7 Å². The third kappa shape index (κ3) is 5.55. The summed E-state index contributed by atoms with van der Waals surface area (Å²) in [6.45, 7) is 5.97. The molecular formula is C16H23NO4. The molecule has 116 valence electrons. The highest BCUT2D eigenvalue weighted by Gasteiger charge is 2.32. The van der Waals surface area contributed by atoms with Crippen LogP contribution in [0.2, 0.25) is 0 Å². The molecule has 0 fully saturated rings. The van der Waals surface area contributed by atoms with Gasteiger partial charge in [0, 0.05) is 18.0 Å². The average Bonchev–Trinajstić information content (AvgIpc) is 2.37. The van der Waals surface area contributed by atoms with Crippen LogP contribution in [0.1, 0.15) is 37.6 Å². The fourth-order valence-electron chi connectivity index (χ4n) is 2.23. The molecule has 5 nitrogen and oxygen atoms in total. The highest BCUT2D eigenvalue weighted by atomic mass is 16.4. The van der Waals surface area contributed by atoms with Gasteiger partial charge in [-0.3, -0.25) is 9.59 Å². The zero-order valence-corrected chi connectivity index (χ0v) is 12.7. The lowest BCUT2D eigenvalue weighted by atomic mass is 9.76. The van der Waals surface area contributed by atoms with Crippen LogP contribution >= 0.6 is 0 Å². The number of carboxylic acids is 1. The third-order valence-electron chi connectivity index (χ3n) is 3.48. The van der Waals surface area contributed by atoms with E-state index in [1.807, 2.05) is 26.8 Å². The maximum absolute atomic E-state index is 12.0. The van der Waals surface area contributed by atoms with Crippen molar-refractivity contribution in [3.05, 3.63) is 35.9 Å². The number of hydrogen-bond donors (Lipinski definition) is 3. The van der Waals surface area contributed by atoms with Gasteiger partial charge in [0.2, 0.25) is 0 Å². The summed E-state index contributed by atoms with van der Waals surface area (Å²) < 4.78 is 0. The van der Waals surface area contributed by atoms with Gasteiger partial charge in [0.25, 0.3) is 5.91 Å². The molecule has 0 heterocycles. The van der Waals surface area contributed by atoms with Crippen molar-refractivity contribution < 1.29 is 19.8 Å². The summed E-state index contributed by atoms with van der Waals surface area (Å²) in [5.41, 5.74) is 0.219. The lowest BCUT2D eigenvalue weighted by molar-refractivity contribution is -0.140. The molecule has 21 heavy (non-hydrogen) atoms. The van der Waals surface area contributed by atoms with E-state index in [0.717, 1.165) is 0 Å². The standard InChI is InChI=1S/C16H23NO4/c1-16(2,3)12(13(18)9-14(19)20)10-17-15(21)11-7-5-4-6-8-11/h4-8,12-13,18H,9-10H2,1-3H3,(H,17,21)(H,19,20)/t12?,13-/m1/s1. The number of carbonyl (C=O) groups is 2. The van der Waals surface area contributed by atoms with Gasteiger partial charge in [0.05, 0.1) is 12.5 Å². The minimum Gasteiger partial charge on any atom is -0.481 e. The van der Waals surface area contributed by atoms with E-state index in [-0.39, 0.29) is 30.2 Å². The number of carbonyl (C=O) groups excluding carboxylic acids is 1. The van der Waals surface area contributed by atoms with Gasteiger partial charge in [0.1, 0.15) is 0 Å². The first-order valence-corrected chi connectivity index (χ1v) is 6.95. The van der Waals surface area contributed by atoms with Crippen LogP contribution in [0.25, 0.3) is 0 Å². The quantitative estimate of drug-likeness (QED) is 0.748. The Morgan fingerprint density at radius 2 is 1.76 bits per heavy atom. The van der Waals surface area contributed by atoms with Gasteiger partial charge in [-0.05, 0) is 17.5 Å². The largest absolute Gasteiger partial charge is 0.481 e. The summed E-state index contributed by atoms with van der Waals surface area (Å²) in [6.07, 6.45) is -1.33. The number of aliphatic hydroxyl groups is 1. The molecule has 0 aliphatic carbocycles. The van der Waals surface area contributed by atoms with Crippen LogP contribution in [0.5, 0.6) is 0 Å². The SMILES string of the molecule is CC(C)(C)C(CNC(=O)c1ccccc1)[C@H](O)CC(=O)O. The van der Waals surface area contributed by atoms with E-state index in [9.17, 15) is 14.7 Å². The van der Waals surface area contributed by atoms with Crippen LogP contribution in [-0.2, 0) is 4.79 Å². The molecule has 1 amide bonds. The van der Waals surface area contributed by atoms with Crippen molar-refractivity contribution in [3.8, 4) is 0 Å². The number of hydrogen-bond acceptors (Lipinski definition) is 3. The highest BCUT2D eigenvalue weighted by Crippen LogP contribution is 2.29. The fraction of sp³-hybridized carbons (Fsp3) is 0.500. The van der Waals surface area contributed by atoms with Gasteiger partial charge >= 0.3 is 5.97 Å². The summed E-state index contributed by atoms with van der Waals surface area (Å²) in [5, 5.41) is 21.6. The molecule has 0 saturated carbocycles. The number of carboxylic acid groups (broad SMARTS) is 1. The molecule has 1 rings (SSSR count). The number of amides is 1. The van der Waals surface area contributed by atoms with Crippen molar-refractivity contribution in [2.75, 3.05) is 6.54 Å². The van der Waals surface area contributed by atoms with Gasteiger partial charge in [-0.25, -0.2) is 0 Å². The Kier molecular flexibility index (Phi) is 5.90. The summed E-state index contributed by atoms with van der Waals surface area (Å²) >= 11 is 0. The Morgan fingerprint density at radius 1 is 1.19 bits per heavy atom. The summed E-state index contributed by atoms with van der Waals surface area (Å²) in [5.74, 6) is -1.63. The minimum absolute atomic E-state index is 0.228. The molecule has 2 atom stereocenters. The molecule has 0 spiro atoms. The zero-order valence-electron chi connectivity index (χ0n) is 12.7. The molecular weight excluding hydrogens is 270 g/mol. The van der Waals surface area contributed by atoms with Crippen LogP contribution in [0.4, 0.5) is 0 Å². The first kappa shape index (κ1) is 17.2. The number of aliphatic hydroxyl groups excluding tert-OH is 1. The second-order valence-corrected chi connectivity index (χ2v) is 6.21. The first-order valence-electron chi connectivity index (χ1n) is 6.95. The van der Waals surface area contributed by atoms with Crippen molar-refractivity contribution in [2.24, 2.45) is 11.3 Å². The molecule has 3 N–H and O–H groups in total. The van der Waals surface area contributed by atoms with Crippen molar-refractivity contribution in [1.82, 2.24) is 5.32 Å². The molecule has 0 radical (unpaired) electrons. The topological polar surface area (TPSA) is 86.6 Å². The summed E-state index contributed by atoms with van der Waals surface area (Å²) in [7, 11) is 0. The average molecular weight is 293 g/mol. The molecule has 0 saturated heterocycles. The Hall–Kier alpha value is -1.88. The molecule has 5 heteroatoms. The number of nitrogens with one attached hydrogen (secondary N) is 1. The maximum Gasteiger partial charge on any atom is 0.305 e. The van der Waals surface area contributed by atoms with Crippen molar-refractivity contribution in [3.63, 3.8) is 0 Å². The van der Waals surface area contributed by atoms with Gasteiger partial charge in [-0.15, -0.1) is 0 Å². The van der Waals surface area contributed by atoms with Crippen molar-refractivity contribution >= 4 is 11.9 Å². The Labute approximate surface area is 125 Å². The van der Waals surface area contributed by atoms with E-state index in [1.165, 1.54) is 0 Å². The third-order valence-corrected chi connectivity index (χ3v) is 3.48. The van der Waals surface area contributed by atoms with E-state index in [0.29, 0.717) is 5.56 Å². The van der Waals surface area contributed by atoms with E-state index in [2.05, 4.69) is 5.32 Å². The van der Waals surface area contributed by atoms with Crippen molar-refractivity contribution in [1.29, 1.82) is 0 Å². The van der Waals surface area contributed by atoms with Gasteiger partial charge in [0.15, 0.2) is 0 Å². The molecule has 0 aliphatic rings. The van der Waals surface area contributed by atoms with Crippen LogP contribution in [0.3, 0.4) is 0 Å². The Bertz CT molecular complexity index is 479. The summed E-state index contributed by atoms with van der Waals surface area (Å²) in [6, 6.07) is 8.78. The normalized spacial score (nSPS) is 14.3. The molecule has 0 bridgehead atoms. The van der Waals surface area contributed by atoms with Crippen molar-refractivity contribution in [2.45, 2.75) is 33.3 Å². The monoisotopic (exact) mass is 293 g/mol. The lowest BCUT2D eigenvalue weighted by Gasteiger charge is -2.34. The minimum atomic E-state index is -1.05. The van der Waals surface area contributed by atoms with E-state index >= 15 is 0 Å². The second-order valence-electron chi connectivity index (χ2n) is 6.21. The zero-order chi connectivity index (χ0) is 16.0. The van der Waals surface area contributed by atoms with Gasteiger partial charge in [-0.1, -0.05) is 39.0 Å². The second kappa shape index (κ2) is 7.22. The highest BCUT2D eigenvalue weighted by molar-refractivity contribution is 5.94. The predicted molar refractivity (Wildman–Crippen MR) is 80.0 cm³/mol. The predicted octanol–water partition coefficient (Wildman–Crippen LogP) is 1.91. The summed E-state index contributed by atoms with van der Waals surface area (Å²) in [4.78, 5) is 22.8. The lowest BCUT2D eigenvalue weighted by Crippen LogP contribution is -2.42. The van der Waals surface area contributed by atoms with Crippen LogP contribution in [0.15, 0.2) is 30.3 Å². The van der Waals surface area contributed by atoms with E-state index < -0.39 is 12.1 Å². The Balaban J connectivity index is 2.70. The number of aliphatic carboxylic acids is 1. The van der Waals surface area contributed by atoms with E-state index in [1.54, 1.807) is 24.3 Å². The Morgan fingerprint density at radius 3 is 2.24 bits per heavy atom. The molecule has 0 aliphatic heterocycles. The van der Waals surface area contributed by atoms with Crippen LogP contribution < -0.4 is 5.32 Å². The first-order chi connectivity index (χ1) is 9.71. The number of rotatable bonds is 6. The van der Waals surface area contributed by atoms with Gasteiger partial charge in [-0.2, -0.15) is 0 Å². The number of benzene rings is 1. The van der Waals surface area contributed by atoms with Crippen LogP contribution in [0, 0.1) is 11.3 Å². The molecule has 1 aromatic rings. The van der Waals surface area contributed by atoms with E-state index in [4.69, 9.17) is 5.11 Å². The molecule has 1 aromatic carbocycles. The molecule has 1 unspecified atom stereocenters. The fourth-order valence-corrected chi connectivity index (χ4v) is 2.23.